The molecule has 2 heterocycles. The first-order valence-electron chi connectivity index (χ1n) is 9.62. The molecular weight excluding hydrogens is 312 g/mol. The summed E-state index contributed by atoms with van der Waals surface area (Å²) in [7, 11) is 0. The molecule has 1 N–H and O–H groups in total. The molecule has 4 nitrogen and oxygen atoms in total. The highest BCUT2D eigenvalue weighted by molar-refractivity contribution is 6.13. The zero-order chi connectivity index (χ0) is 17.4. The molecule has 2 aromatic rings. The Balaban J connectivity index is 1.84. The summed E-state index contributed by atoms with van der Waals surface area (Å²) in [5, 5.41) is 12.1. The summed E-state index contributed by atoms with van der Waals surface area (Å²) >= 11 is 0. The molecule has 0 unspecified atom stereocenters. The van der Waals surface area contributed by atoms with Crippen molar-refractivity contribution in [3.8, 4) is 5.88 Å². The molecule has 0 atom stereocenters. The Hall–Kier alpha value is -1.81. The third kappa shape index (κ3) is 3.08. The van der Waals surface area contributed by atoms with Crippen molar-refractivity contribution in [2.75, 3.05) is 19.8 Å². The van der Waals surface area contributed by atoms with Crippen LogP contribution in [0.25, 0.3) is 10.9 Å². The molecule has 2 aliphatic rings. The van der Waals surface area contributed by atoms with Crippen LogP contribution in [0.1, 0.15) is 56.7 Å². The Morgan fingerprint density at radius 1 is 1.28 bits per heavy atom. The lowest BCUT2D eigenvalue weighted by Crippen LogP contribution is -2.13. The van der Waals surface area contributed by atoms with Crippen LogP contribution >= 0.6 is 0 Å². The molecule has 0 amide bonds. The van der Waals surface area contributed by atoms with E-state index in [1.165, 1.54) is 24.8 Å². The van der Waals surface area contributed by atoms with E-state index < -0.39 is 0 Å². The van der Waals surface area contributed by atoms with Crippen LogP contribution in [0, 0.1) is 5.92 Å². The number of hydrogen-bond donors (Lipinski definition) is 1. The van der Waals surface area contributed by atoms with Gasteiger partial charge >= 0.3 is 0 Å². The van der Waals surface area contributed by atoms with Crippen molar-refractivity contribution in [3.63, 3.8) is 0 Å². The lowest BCUT2D eigenvalue weighted by atomic mass is 9.81. The Labute approximate surface area is 149 Å². The predicted molar refractivity (Wildman–Crippen MR) is 102 cm³/mol. The highest BCUT2D eigenvalue weighted by Crippen LogP contribution is 2.37. The molecular formula is C21H28N2O2. The molecule has 4 rings (SSSR count). The molecule has 4 heteroatoms. The summed E-state index contributed by atoms with van der Waals surface area (Å²) in [5.74, 6) is 1.19. The number of aliphatic imine (C=N–C) groups is 1. The number of rotatable bonds is 4. The van der Waals surface area contributed by atoms with Gasteiger partial charge in [-0.2, -0.15) is 0 Å². The molecule has 0 saturated heterocycles. The summed E-state index contributed by atoms with van der Waals surface area (Å²) in [6.07, 6.45) is 6.00. The molecule has 1 saturated carbocycles. The fraction of sp³-hybridized carbons (Fsp3) is 0.571. The number of aromatic nitrogens is 1. The predicted octanol–water partition coefficient (Wildman–Crippen LogP) is 4.48. The lowest BCUT2D eigenvalue weighted by molar-refractivity contribution is 0.153. The molecule has 134 valence electrons. The van der Waals surface area contributed by atoms with Crippen LogP contribution < -0.4 is 0 Å². The zero-order valence-corrected chi connectivity index (χ0v) is 15.3. The topological polar surface area (TPSA) is 46.8 Å². The van der Waals surface area contributed by atoms with Crippen LogP contribution in [-0.4, -0.2) is 35.1 Å². The molecule has 0 spiro atoms. The normalized spacial score (nSPS) is 19.1. The van der Waals surface area contributed by atoms with Gasteiger partial charge in [0.25, 0.3) is 0 Å². The fourth-order valence-corrected chi connectivity index (χ4v) is 4.11. The fourth-order valence-electron chi connectivity index (χ4n) is 4.11. The SMILES string of the molecule is CC(C)n1c(O)c(C2=NCCOCC2)c2cc(CC3CCC3)ccc21. The maximum absolute atomic E-state index is 11.0. The number of hydrogen-bond acceptors (Lipinski definition) is 3. The zero-order valence-electron chi connectivity index (χ0n) is 15.3. The largest absolute Gasteiger partial charge is 0.494 e. The van der Waals surface area contributed by atoms with E-state index in [4.69, 9.17) is 9.73 Å². The Morgan fingerprint density at radius 3 is 2.84 bits per heavy atom. The van der Waals surface area contributed by atoms with Crippen molar-refractivity contribution < 1.29 is 9.84 Å². The van der Waals surface area contributed by atoms with Gasteiger partial charge in [0.15, 0.2) is 0 Å². The molecule has 0 radical (unpaired) electrons. The smallest absolute Gasteiger partial charge is 0.201 e. The average molecular weight is 340 g/mol. The molecule has 1 aromatic heterocycles. The summed E-state index contributed by atoms with van der Waals surface area (Å²) in [6.45, 7) is 6.24. The Bertz CT molecular complexity index is 800. The van der Waals surface area contributed by atoms with Gasteiger partial charge in [0.1, 0.15) is 0 Å². The first kappa shape index (κ1) is 16.6. The number of aromatic hydroxyl groups is 1. The minimum Gasteiger partial charge on any atom is -0.494 e. The molecule has 1 aliphatic carbocycles. The van der Waals surface area contributed by atoms with Gasteiger partial charge in [-0.05, 0) is 43.9 Å². The maximum atomic E-state index is 11.0. The van der Waals surface area contributed by atoms with Crippen LogP contribution in [0.5, 0.6) is 5.88 Å². The van der Waals surface area contributed by atoms with Crippen molar-refractivity contribution in [2.45, 2.75) is 52.0 Å². The van der Waals surface area contributed by atoms with Gasteiger partial charge in [0.05, 0.1) is 36.6 Å². The third-order valence-corrected chi connectivity index (χ3v) is 5.62. The number of nitrogens with zero attached hydrogens (tertiary/aromatic N) is 2. The number of fused-ring (bicyclic) bond motifs is 1. The van der Waals surface area contributed by atoms with Crippen LogP contribution in [0.2, 0.25) is 0 Å². The molecule has 1 fully saturated rings. The summed E-state index contributed by atoms with van der Waals surface area (Å²) in [4.78, 5) is 4.71. The van der Waals surface area contributed by atoms with E-state index in [0.29, 0.717) is 25.6 Å². The quantitative estimate of drug-likeness (QED) is 0.892. The van der Waals surface area contributed by atoms with Crippen LogP contribution in [-0.2, 0) is 11.2 Å². The monoisotopic (exact) mass is 340 g/mol. The second kappa shape index (κ2) is 6.83. The second-order valence-electron chi connectivity index (χ2n) is 7.71. The van der Waals surface area contributed by atoms with Crippen molar-refractivity contribution in [2.24, 2.45) is 10.9 Å². The summed E-state index contributed by atoms with van der Waals surface area (Å²) < 4.78 is 7.58. The van der Waals surface area contributed by atoms with Gasteiger partial charge in [-0.15, -0.1) is 0 Å². The van der Waals surface area contributed by atoms with E-state index in [1.807, 2.05) is 4.57 Å². The highest BCUT2D eigenvalue weighted by Gasteiger charge is 2.24. The number of ether oxygens (including phenoxy) is 1. The maximum Gasteiger partial charge on any atom is 0.201 e. The first-order valence-corrected chi connectivity index (χ1v) is 9.62. The van der Waals surface area contributed by atoms with Crippen LogP contribution in [0.15, 0.2) is 23.2 Å². The van der Waals surface area contributed by atoms with E-state index in [2.05, 4.69) is 32.0 Å². The molecule has 1 aliphatic heterocycles. The minimum atomic E-state index is 0.205. The van der Waals surface area contributed by atoms with Gasteiger partial charge in [-0.25, -0.2) is 0 Å². The van der Waals surface area contributed by atoms with Crippen molar-refractivity contribution >= 4 is 16.6 Å². The summed E-state index contributed by atoms with van der Waals surface area (Å²) in [5.41, 5.74) is 4.39. The standard InChI is InChI=1S/C21H28N2O2/c1-14(2)23-19-7-6-16(12-15-4-3-5-15)13-17(19)20(21(23)24)18-8-10-25-11-9-22-18/h6-7,13-15,24H,3-5,8-12H2,1-2H3. The van der Waals surface area contributed by atoms with E-state index in [0.717, 1.165) is 40.9 Å². The Kier molecular flexibility index (Phi) is 4.55. The van der Waals surface area contributed by atoms with Gasteiger partial charge < -0.3 is 14.4 Å². The minimum absolute atomic E-state index is 0.205. The van der Waals surface area contributed by atoms with Gasteiger partial charge in [0, 0.05) is 17.8 Å². The van der Waals surface area contributed by atoms with Gasteiger partial charge in [-0.1, -0.05) is 25.3 Å². The number of benzene rings is 1. The van der Waals surface area contributed by atoms with E-state index in [9.17, 15) is 5.11 Å². The summed E-state index contributed by atoms with van der Waals surface area (Å²) in [6, 6.07) is 6.91. The van der Waals surface area contributed by atoms with Gasteiger partial charge in [0.2, 0.25) is 5.88 Å². The van der Waals surface area contributed by atoms with Crippen molar-refractivity contribution in [3.05, 3.63) is 29.3 Å². The second-order valence-corrected chi connectivity index (χ2v) is 7.71. The van der Waals surface area contributed by atoms with E-state index in [1.54, 1.807) is 0 Å². The molecule has 25 heavy (non-hydrogen) atoms. The molecule has 0 bridgehead atoms. The molecule has 1 aromatic carbocycles. The first-order chi connectivity index (χ1) is 12.1. The Morgan fingerprint density at radius 2 is 2.12 bits per heavy atom. The van der Waals surface area contributed by atoms with E-state index >= 15 is 0 Å². The average Bonchev–Trinajstić information content (AvgIpc) is 2.71. The van der Waals surface area contributed by atoms with Gasteiger partial charge in [-0.3, -0.25) is 4.99 Å². The van der Waals surface area contributed by atoms with E-state index in [-0.39, 0.29) is 6.04 Å². The third-order valence-electron chi connectivity index (χ3n) is 5.62. The lowest BCUT2D eigenvalue weighted by Gasteiger charge is -2.25. The van der Waals surface area contributed by atoms with Crippen molar-refractivity contribution in [1.82, 2.24) is 4.57 Å². The van der Waals surface area contributed by atoms with Crippen LogP contribution in [0.4, 0.5) is 0 Å². The highest BCUT2D eigenvalue weighted by atomic mass is 16.5. The van der Waals surface area contributed by atoms with Crippen LogP contribution in [0.3, 0.4) is 0 Å². The van der Waals surface area contributed by atoms with Crippen molar-refractivity contribution in [1.29, 1.82) is 0 Å².